The Kier molecular flexibility index (Phi) is 5.46. The minimum Gasteiger partial charge on any atom is -0.478 e. The zero-order chi connectivity index (χ0) is 16.0. The van der Waals surface area contributed by atoms with Crippen molar-refractivity contribution in [3.05, 3.63) is 41.2 Å². The number of amides is 1. The molecule has 0 fully saturated rings. The van der Waals surface area contributed by atoms with E-state index in [2.05, 4.69) is 5.32 Å². The number of benzene rings is 1. The van der Waals surface area contributed by atoms with Crippen LogP contribution in [0.3, 0.4) is 0 Å². The average molecular weight is 295 g/mol. The molecule has 5 nitrogen and oxygen atoms in total. The Labute approximate surface area is 122 Å². The number of halogens is 1. The lowest BCUT2D eigenvalue weighted by Gasteiger charge is -2.19. The van der Waals surface area contributed by atoms with Gasteiger partial charge in [0.15, 0.2) is 0 Å². The summed E-state index contributed by atoms with van der Waals surface area (Å²) in [5, 5.41) is 11.3. The van der Waals surface area contributed by atoms with Gasteiger partial charge in [-0.2, -0.15) is 0 Å². The monoisotopic (exact) mass is 295 g/mol. The van der Waals surface area contributed by atoms with E-state index in [1.54, 1.807) is 20.8 Å². The molecule has 0 atom stereocenters. The highest BCUT2D eigenvalue weighted by atomic mass is 19.1. The van der Waals surface area contributed by atoms with Gasteiger partial charge in [0.25, 0.3) is 0 Å². The standard InChI is InChI=1S/C15H18FNO4/c1-15(2,3)21-14(20)17-8-4-5-10-9-11(13(18)19)6-7-12(10)16/h4-7,9H,8H2,1-3H3,(H,17,20)(H,18,19). The van der Waals surface area contributed by atoms with E-state index in [0.29, 0.717) is 0 Å². The van der Waals surface area contributed by atoms with E-state index < -0.39 is 23.5 Å². The first-order chi connectivity index (χ1) is 9.69. The Balaban J connectivity index is 2.60. The molecule has 0 aromatic heterocycles. The second-order valence-electron chi connectivity index (χ2n) is 5.33. The van der Waals surface area contributed by atoms with Crippen LogP contribution in [0.4, 0.5) is 9.18 Å². The zero-order valence-corrected chi connectivity index (χ0v) is 12.1. The number of aromatic carboxylic acids is 1. The molecular weight excluding hydrogens is 277 g/mol. The van der Waals surface area contributed by atoms with Crippen molar-refractivity contribution in [3.63, 3.8) is 0 Å². The van der Waals surface area contributed by atoms with Gasteiger partial charge in [0.05, 0.1) is 5.56 Å². The summed E-state index contributed by atoms with van der Waals surface area (Å²) < 4.78 is 18.5. The van der Waals surface area contributed by atoms with Gasteiger partial charge in [-0.3, -0.25) is 0 Å². The summed E-state index contributed by atoms with van der Waals surface area (Å²) in [6, 6.07) is 3.50. The number of carbonyl (C=O) groups is 2. The Morgan fingerprint density at radius 2 is 2.05 bits per heavy atom. The number of rotatable bonds is 4. The van der Waals surface area contributed by atoms with E-state index in [-0.39, 0.29) is 17.7 Å². The summed E-state index contributed by atoms with van der Waals surface area (Å²) in [5.74, 6) is -1.66. The van der Waals surface area contributed by atoms with Crippen molar-refractivity contribution in [2.24, 2.45) is 0 Å². The van der Waals surface area contributed by atoms with Gasteiger partial charge < -0.3 is 15.2 Å². The van der Waals surface area contributed by atoms with Gasteiger partial charge in [-0.1, -0.05) is 12.2 Å². The van der Waals surface area contributed by atoms with Crippen LogP contribution in [0.5, 0.6) is 0 Å². The maximum Gasteiger partial charge on any atom is 0.407 e. The molecule has 0 unspecified atom stereocenters. The highest BCUT2D eigenvalue weighted by molar-refractivity contribution is 5.88. The molecule has 0 aliphatic carbocycles. The first-order valence-electron chi connectivity index (χ1n) is 6.35. The summed E-state index contributed by atoms with van der Waals surface area (Å²) in [5.41, 5.74) is -0.451. The van der Waals surface area contributed by atoms with Crippen molar-refractivity contribution in [1.82, 2.24) is 5.32 Å². The smallest absolute Gasteiger partial charge is 0.407 e. The second kappa shape index (κ2) is 6.88. The van der Waals surface area contributed by atoms with Gasteiger partial charge in [-0.15, -0.1) is 0 Å². The van der Waals surface area contributed by atoms with Crippen LogP contribution >= 0.6 is 0 Å². The molecule has 1 rings (SSSR count). The van der Waals surface area contributed by atoms with Crippen molar-refractivity contribution < 1.29 is 23.8 Å². The number of carboxylic acids is 1. The fraction of sp³-hybridized carbons (Fsp3) is 0.333. The molecule has 114 valence electrons. The van der Waals surface area contributed by atoms with Crippen LogP contribution in [0.25, 0.3) is 6.08 Å². The number of alkyl carbamates (subject to hydrolysis) is 1. The van der Waals surface area contributed by atoms with Crippen LogP contribution in [-0.2, 0) is 4.74 Å². The fourth-order valence-corrected chi connectivity index (χ4v) is 1.45. The summed E-state index contributed by atoms with van der Waals surface area (Å²) in [4.78, 5) is 22.2. The minimum atomic E-state index is -1.13. The van der Waals surface area contributed by atoms with Gasteiger partial charge in [0.1, 0.15) is 11.4 Å². The van der Waals surface area contributed by atoms with E-state index >= 15 is 0 Å². The van der Waals surface area contributed by atoms with Crippen LogP contribution in [0.1, 0.15) is 36.7 Å². The number of nitrogens with one attached hydrogen (secondary N) is 1. The van der Waals surface area contributed by atoms with Crippen molar-refractivity contribution >= 4 is 18.1 Å². The summed E-state index contributed by atoms with van der Waals surface area (Å²) >= 11 is 0. The number of hydrogen-bond donors (Lipinski definition) is 2. The molecule has 0 saturated heterocycles. The molecule has 6 heteroatoms. The van der Waals surface area contributed by atoms with Crippen LogP contribution in [0, 0.1) is 5.82 Å². The predicted octanol–water partition coefficient (Wildman–Crippen LogP) is 3.06. The Hall–Kier alpha value is -2.37. The molecule has 1 aromatic rings. The van der Waals surface area contributed by atoms with Crippen LogP contribution in [0.2, 0.25) is 0 Å². The average Bonchev–Trinajstić information content (AvgIpc) is 2.34. The Morgan fingerprint density at radius 1 is 1.38 bits per heavy atom. The van der Waals surface area contributed by atoms with E-state index in [4.69, 9.17) is 9.84 Å². The van der Waals surface area contributed by atoms with E-state index in [1.165, 1.54) is 24.3 Å². The summed E-state index contributed by atoms with van der Waals surface area (Å²) in [6.07, 6.45) is 2.33. The first-order valence-corrected chi connectivity index (χ1v) is 6.35. The van der Waals surface area contributed by atoms with Crippen molar-refractivity contribution in [2.45, 2.75) is 26.4 Å². The second-order valence-corrected chi connectivity index (χ2v) is 5.33. The summed E-state index contributed by atoms with van der Waals surface area (Å²) in [7, 11) is 0. The minimum absolute atomic E-state index is 0.00356. The molecule has 0 radical (unpaired) electrons. The quantitative estimate of drug-likeness (QED) is 0.895. The number of ether oxygens (including phenoxy) is 1. The highest BCUT2D eigenvalue weighted by Gasteiger charge is 2.15. The van der Waals surface area contributed by atoms with E-state index in [0.717, 1.165) is 6.07 Å². The lowest BCUT2D eigenvalue weighted by molar-refractivity contribution is 0.0533. The Morgan fingerprint density at radius 3 is 2.62 bits per heavy atom. The van der Waals surface area contributed by atoms with Gasteiger partial charge in [-0.25, -0.2) is 14.0 Å². The van der Waals surface area contributed by atoms with Gasteiger partial charge in [-0.05, 0) is 39.0 Å². The summed E-state index contributed by atoms with van der Waals surface area (Å²) in [6.45, 7) is 5.38. The largest absolute Gasteiger partial charge is 0.478 e. The zero-order valence-electron chi connectivity index (χ0n) is 12.1. The molecule has 0 spiro atoms. The maximum absolute atomic E-state index is 13.5. The molecule has 0 heterocycles. The van der Waals surface area contributed by atoms with Crippen LogP contribution in [-0.4, -0.2) is 29.3 Å². The first kappa shape index (κ1) is 16.7. The van der Waals surface area contributed by atoms with Crippen molar-refractivity contribution in [3.8, 4) is 0 Å². The lowest BCUT2D eigenvalue weighted by Crippen LogP contribution is -2.32. The fourth-order valence-electron chi connectivity index (χ4n) is 1.45. The lowest BCUT2D eigenvalue weighted by atomic mass is 10.1. The van der Waals surface area contributed by atoms with Crippen LogP contribution in [0.15, 0.2) is 24.3 Å². The van der Waals surface area contributed by atoms with Crippen molar-refractivity contribution in [1.29, 1.82) is 0 Å². The molecule has 0 bridgehead atoms. The van der Waals surface area contributed by atoms with Crippen LogP contribution < -0.4 is 5.32 Å². The molecule has 0 aliphatic heterocycles. The van der Waals surface area contributed by atoms with Gasteiger partial charge in [0, 0.05) is 12.1 Å². The molecule has 0 saturated carbocycles. The predicted molar refractivity (Wildman–Crippen MR) is 76.6 cm³/mol. The van der Waals surface area contributed by atoms with Crippen molar-refractivity contribution in [2.75, 3.05) is 6.54 Å². The van der Waals surface area contributed by atoms with E-state index in [9.17, 15) is 14.0 Å². The maximum atomic E-state index is 13.5. The Bertz CT molecular complexity index is 561. The SMILES string of the molecule is CC(C)(C)OC(=O)NCC=Cc1cc(C(=O)O)ccc1F. The number of carboxylic acid groups (broad SMARTS) is 1. The molecule has 2 N–H and O–H groups in total. The molecule has 1 aromatic carbocycles. The van der Waals surface area contributed by atoms with E-state index in [1.807, 2.05) is 0 Å². The highest BCUT2D eigenvalue weighted by Crippen LogP contribution is 2.12. The topological polar surface area (TPSA) is 75.6 Å². The molecule has 1 amide bonds. The molecule has 21 heavy (non-hydrogen) atoms. The van der Waals surface area contributed by atoms with Gasteiger partial charge in [0.2, 0.25) is 0 Å². The number of carbonyl (C=O) groups excluding carboxylic acids is 1. The third kappa shape index (κ3) is 6.07. The third-order valence-corrected chi connectivity index (χ3v) is 2.30. The molecule has 0 aliphatic rings. The van der Waals surface area contributed by atoms with Gasteiger partial charge >= 0.3 is 12.1 Å². The molecular formula is C15H18FNO4. The normalized spacial score (nSPS) is 11.4. The third-order valence-electron chi connectivity index (χ3n) is 2.30. The number of hydrogen-bond acceptors (Lipinski definition) is 3.